The van der Waals surface area contributed by atoms with E-state index in [4.69, 9.17) is 4.74 Å². The number of likely N-dealkylation sites (N-methyl/N-ethyl adjacent to an activating group) is 1. The summed E-state index contributed by atoms with van der Waals surface area (Å²) in [5, 5.41) is 7.41. The van der Waals surface area contributed by atoms with Crippen LogP contribution in [0.2, 0.25) is 0 Å². The number of carbonyl (C=O) groups excluding carboxylic acids is 2. The Kier molecular flexibility index (Phi) is 7.20. The first-order valence-electron chi connectivity index (χ1n) is 10.2. The number of ether oxygens (including phenoxy) is 1. The highest BCUT2D eigenvalue weighted by Crippen LogP contribution is 2.18. The lowest BCUT2D eigenvalue weighted by Gasteiger charge is -2.23. The summed E-state index contributed by atoms with van der Waals surface area (Å²) in [5.41, 5.74) is 3.49. The molecule has 0 bridgehead atoms. The average molecular weight is 421 g/mol. The minimum absolute atomic E-state index is 0.121. The molecule has 0 fully saturated rings. The summed E-state index contributed by atoms with van der Waals surface area (Å²) < 4.78 is 6.72. The van der Waals surface area contributed by atoms with Crippen LogP contribution in [0.15, 0.2) is 60.8 Å². The number of rotatable bonds is 8. The van der Waals surface area contributed by atoms with E-state index >= 15 is 0 Å². The zero-order valence-electron chi connectivity index (χ0n) is 18.3. The van der Waals surface area contributed by atoms with Gasteiger partial charge < -0.3 is 15.0 Å². The Morgan fingerprint density at radius 1 is 1.10 bits per heavy atom. The summed E-state index contributed by atoms with van der Waals surface area (Å²) in [5.74, 6) is -0.540. The number of nitrogens with zero attached hydrogens (tertiary/aromatic N) is 3. The highest BCUT2D eigenvalue weighted by Gasteiger charge is 2.18. The van der Waals surface area contributed by atoms with Crippen LogP contribution in [0, 0.1) is 6.92 Å². The summed E-state index contributed by atoms with van der Waals surface area (Å²) in [6, 6.07) is 16.9. The van der Waals surface area contributed by atoms with Crippen molar-refractivity contribution in [1.82, 2.24) is 20.0 Å². The molecule has 0 aliphatic rings. The van der Waals surface area contributed by atoms with Gasteiger partial charge in [0.2, 0.25) is 0 Å². The van der Waals surface area contributed by atoms with Crippen LogP contribution in [0.1, 0.15) is 44.9 Å². The predicted octanol–water partition coefficient (Wildman–Crippen LogP) is 3.39. The molecule has 1 amide bonds. The maximum Gasteiger partial charge on any atom is 0.341 e. The Morgan fingerprint density at radius 2 is 1.77 bits per heavy atom. The van der Waals surface area contributed by atoms with Crippen molar-refractivity contribution in [3.05, 3.63) is 83.2 Å². The Morgan fingerprint density at radius 3 is 2.39 bits per heavy atom. The fourth-order valence-electron chi connectivity index (χ4n) is 3.36. The summed E-state index contributed by atoms with van der Waals surface area (Å²) in [4.78, 5) is 26.9. The summed E-state index contributed by atoms with van der Waals surface area (Å²) in [6.07, 6.45) is 1.50. The first-order valence-corrected chi connectivity index (χ1v) is 10.2. The molecule has 3 aromatic rings. The van der Waals surface area contributed by atoms with Crippen molar-refractivity contribution in [3.63, 3.8) is 0 Å². The number of carbonyl (C=O) groups is 2. The monoisotopic (exact) mass is 420 g/mol. The Labute approximate surface area is 182 Å². The largest absolute Gasteiger partial charge is 0.462 e. The Balaban J connectivity index is 1.76. The van der Waals surface area contributed by atoms with E-state index in [9.17, 15) is 9.59 Å². The molecule has 1 aromatic heterocycles. The molecule has 1 N–H and O–H groups in total. The van der Waals surface area contributed by atoms with Crippen LogP contribution in [0.3, 0.4) is 0 Å². The average Bonchev–Trinajstić information content (AvgIpc) is 3.15. The van der Waals surface area contributed by atoms with Gasteiger partial charge in [0.15, 0.2) is 0 Å². The topological polar surface area (TPSA) is 76.5 Å². The van der Waals surface area contributed by atoms with Crippen molar-refractivity contribution in [2.45, 2.75) is 19.9 Å². The van der Waals surface area contributed by atoms with Gasteiger partial charge in [0.25, 0.3) is 5.91 Å². The highest BCUT2D eigenvalue weighted by molar-refractivity contribution is 5.94. The highest BCUT2D eigenvalue weighted by atomic mass is 16.5. The predicted molar refractivity (Wildman–Crippen MR) is 119 cm³/mol. The van der Waals surface area contributed by atoms with Crippen molar-refractivity contribution >= 4 is 11.9 Å². The van der Waals surface area contributed by atoms with Gasteiger partial charge in [0, 0.05) is 12.1 Å². The molecule has 1 heterocycles. The second-order valence-electron chi connectivity index (χ2n) is 7.52. The molecule has 0 spiro atoms. The zero-order valence-corrected chi connectivity index (χ0v) is 18.3. The minimum atomic E-state index is -0.393. The molecular formula is C24H28N4O3. The van der Waals surface area contributed by atoms with Gasteiger partial charge >= 0.3 is 5.97 Å². The van der Waals surface area contributed by atoms with Crippen LogP contribution < -0.4 is 5.32 Å². The van der Waals surface area contributed by atoms with Gasteiger partial charge in [0.05, 0.1) is 30.2 Å². The van der Waals surface area contributed by atoms with Gasteiger partial charge in [-0.25, -0.2) is 9.48 Å². The van der Waals surface area contributed by atoms with Gasteiger partial charge in [-0.3, -0.25) is 4.79 Å². The van der Waals surface area contributed by atoms with Gasteiger partial charge in [-0.1, -0.05) is 30.3 Å². The van der Waals surface area contributed by atoms with E-state index in [1.54, 1.807) is 23.7 Å². The lowest BCUT2D eigenvalue weighted by Crippen LogP contribution is -2.35. The Hall–Kier alpha value is -3.45. The molecule has 0 aliphatic heterocycles. The van der Waals surface area contributed by atoms with Crippen LogP contribution in [0.4, 0.5) is 0 Å². The van der Waals surface area contributed by atoms with E-state index in [0.29, 0.717) is 30.0 Å². The fraction of sp³-hybridized carbons (Fsp3) is 0.292. The molecule has 0 saturated carbocycles. The molecule has 3 rings (SSSR count). The SMILES string of the molecule is CCOC(=O)c1cnn(-c2ccc(C(=O)NC(CN(C)C)c3ccccc3)cc2)c1C. The van der Waals surface area contributed by atoms with E-state index in [-0.39, 0.29) is 11.9 Å². The minimum Gasteiger partial charge on any atom is -0.462 e. The fourth-order valence-corrected chi connectivity index (χ4v) is 3.36. The molecule has 2 aromatic carbocycles. The molecule has 0 radical (unpaired) electrons. The summed E-state index contributed by atoms with van der Waals surface area (Å²) in [7, 11) is 3.96. The number of aromatic nitrogens is 2. The first-order chi connectivity index (χ1) is 14.9. The number of hydrogen-bond acceptors (Lipinski definition) is 5. The van der Waals surface area contributed by atoms with Crippen LogP contribution in [-0.2, 0) is 4.74 Å². The molecule has 31 heavy (non-hydrogen) atoms. The smallest absolute Gasteiger partial charge is 0.341 e. The Bertz CT molecular complexity index is 1030. The number of esters is 1. The van der Waals surface area contributed by atoms with Gasteiger partial charge in [-0.15, -0.1) is 0 Å². The second kappa shape index (κ2) is 10.0. The number of nitrogens with one attached hydrogen (secondary N) is 1. The lowest BCUT2D eigenvalue weighted by atomic mass is 10.1. The van der Waals surface area contributed by atoms with Crippen LogP contribution >= 0.6 is 0 Å². The number of amides is 1. The molecule has 7 nitrogen and oxygen atoms in total. The van der Waals surface area contributed by atoms with Gasteiger partial charge in [-0.2, -0.15) is 5.10 Å². The standard InChI is InChI=1S/C24H28N4O3/c1-5-31-24(30)21-15-25-28(17(21)2)20-13-11-19(12-14-20)23(29)26-22(16-27(3)4)18-9-7-6-8-10-18/h6-15,22H,5,16H2,1-4H3,(H,26,29). The quantitative estimate of drug-likeness (QED) is 0.566. The van der Waals surface area contributed by atoms with Crippen molar-refractivity contribution in [1.29, 1.82) is 0 Å². The van der Waals surface area contributed by atoms with Crippen LogP contribution in [0.25, 0.3) is 5.69 Å². The molecule has 7 heteroatoms. The maximum absolute atomic E-state index is 12.9. The van der Waals surface area contributed by atoms with E-state index < -0.39 is 5.97 Å². The van der Waals surface area contributed by atoms with Crippen LogP contribution in [-0.4, -0.2) is 53.8 Å². The van der Waals surface area contributed by atoms with E-state index in [1.165, 1.54) is 6.20 Å². The summed E-state index contributed by atoms with van der Waals surface area (Å²) >= 11 is 0. The third-order valence-corrected chi connectivity index (χ3v) is 4.93. The van der Waals surface area contributed by atoms with Crippen molar-refractivity contribution in [2.24, 2.45) is 0 Å². The van der Waals surface area contributed by atoms with Crippen molar-refractivity contribution in [3.8, 4) is 5.69 Å². The summed E-state index contributed by atoms with van der Waals surface area (Å²) in [6.45, 7) is 4.58. The normalized spacial score (nSPS) is 11.9. The van der Waals surface area contributed by atoms with Crippen LogP contribution in [0.5, 0.6) is 0 Å². The van der Waals surface area contributed by atoms with Crippen molar-refractivity contribution < 1.29 is 14.3 Å². The van der Waals surface area contributed by atoms with Gasteiger partial charge in [0.1, 0.15) is 5.56 Å². The third kappa shape index (κ3) is 5.38. The molecule has 162 valence electrons. The number of benzene rings is 2. The maximum atomic E-state index is 12.9. The first kappa shape index (κ1) is 22.2. The molecule has 0 saturated heterocycles. The molecule has 1 atom stereocenters. The van der Waals surface area contributed by atoms with E-state index in [2.05, 4.69) is 10.4 Å². The zero-order chi connectivity index (χ0) is 22.4. The molecular weight excluding hydrogens is 392 g/mol. The third-order valence-electron chi connectivity index (χ3n) is 4.93. The molecule has 1 unspecified atom stereocenters. The van der Waals surface area contributed by atoms with Crippen molar-refractivity contribution in [2.75, 3.05) is 27.2 Å². The second-order valence-corrected chi connectivity index (χ2v) is 7.52. The lowest BCUT2D eigenvalue weighted by molar-refractivity contribution is 0.0525. The molecule has 0 aliphatic carbocycles. The van der Waals surface area contributed by atoms with E-state index in [0.717, 1.165) is 11.3 Å². The number of hydrogen-bond donors (Lipinski definition) is 1. The van der Waals surface area contributed by atoms with Gasteiger partial charge in [-0.05, 0) is 57.8 Å². The van der Waals surface area contributed by atoms with E-state index in [1.807, 2.05) is 68.4 Å².